The van der Waals surface area contributed by atoms with Gasteiger partial charge in [-0.25, -0.2) is 0 Å². The van der Waals surface area contributed by atoms with Crippen molar-refractivity contribution in [1.82, 2.24) is 4.90 Å². The van der Waals surface area contributed by atoms with Crippen LogP contribution in [0, 0.1) is 12.8 Å². The van der Waals surface area contributed by atoms with Crippen LogP contribution in [-0.2, 0) is 0 Å². The van der Waals surface area contributed by atoms with Crippen molar-refractivity contribution in [1.29, 1.82) is 0 Å². The minimum Gasteiger partial charge on any atom is -0.494 e. The molecular formula is C17H28N2O. The molecule has 1 saturated heterocycles. The summed E-state index contributed by atoms with van der Waals surface area (Å²) in [5.41, 5.74) is 2.49. The van der Waals surface area contributed by atoms with Crippen LogP contribution in [-0.4, -0.2) is 37.7 Å². The molecule has 0 aromatic heterocycles. The monoisotopic (exact) mass is 276 g/mol. The van der Waals surface area contributed by atoms with Crippen LogP contribution in [0.25, 0.3) is 0 Å². The maximum atomic E-state index is 5.54. The van der Waals surface area contributed by atoms with Gasteiger partial charge in [0, 0.05) is 18.3 Å². The van der Waals surface area contributed by atoms with E-state index in [9.17, 15) is 0 Å². The summed E-state index contributed by atoms with van der Waals surface area (Å²) in [6.45, 7) is 9.63. The van der Waals surface area contributed by atoms with Gasteiger partial charge in [0.2, 0.25) is 0 Å². The fourth-order valence-corrected chi connectivity index (χ4v) is 3.03. The van der Waals surface area contributed by atoms with Crippen LogP contribution in [0.5, 0.6) is 5.75 Å². The third-order valence-electron chi connectivity index (χ3n) is 4.26. The van der Waals surface area contributed by atoms with Crippen LogP contribution in [0.1, 0.15) is 32.3 Å². The second kappa shape index (κ2) is 6.98. The predicted molar refractivity (Wildman–Crippen MR) is 85.7 cm³/mol. The van der Waals surface area contributed by atoms with Gasteiger partial charge < -0.3 is 15.0 Å². The lowest BCUT2D eigenvalue weighted by Gasteiger charge is -2.34. The number of benzene rings is 1. The van der Waals surface area contributed by atoms with Crippen LogP contribution >= 0.6 is 0 Å². The summed E-state index contributed by atoms with van der Waals surface area (Å²) >= 11 is 0. The van der Waals surface area contributed by atoms with E-state index in [4.69, 9.17) is 4.74 Å². The lowest BCUT2D eigenvalue weighted by Crippen LogP contribution is -2.39. The lowest BCUT2D eigenvalue weighted by molar-refractivity contribution is 0.197. The lowest BCUT2D eigenvalue weighted by atomic mass is 9.91. The Morgan fingerprint density at radius 2 is 2.25 bits per heavy atom. The smallest absolute Gasteiger partial charge is 0.119 e. The highest BCUT2D eigenvalue weighted by Crippen LogP contribution is 2.25. The first kappa shape index (κ1) is 15.2. The largest absolute Gasteiger partial charge is 0.494 e. The van der Waals surface area contributed by atoms with Crippen LogP contribution in [0.3, 0.4) is 0 Å². The predicted octanol–water partition coefficient (Wildman–Crippen LogP) is 3.54. The highest BCUT2D eigenvalue weighted by atomic mass is 16.5. The number of aryl methyl sites for hydroxylation is 1. The highest BCUT2D eigenvalue weighted by Gasteiger charge is 2.22. The van der Waals surface area contributed by atoms with E-state index in [0.717, 1.165) is 18.3 Å². The summed E-state index contributed by atoms with van der Waals surface area (Å²) in [6, 6.07) is 6.82. The van der Waals surface area contributed by atoms with Crippen LogP contribution in [0.4, 0.5) is 5.69 Å². The topological polar surface area (TPSA) is 24.5 Å². The number of anilines is 1. The molecule has 20 heavy (non-hydrogen) atoms. The van der Waals surface area contributed by atoms with Gasteiger partial charge in [0.15, 0.2) is 0 Å². The summed E-state index contributed by atoms with van der Waals surface area (Å²) in [6.07, 6.45) is 2.64. The molecule has 1 aromatic rings. The molecular weight excluding hydrogens is 248 g/mol. The van der Waals surface area contributed by atoms with Gasteiger partial charge in [-0.1, -0.05) is 0 Å². The molecule has 0 aliphatic carbocycles. The molecule has 0 amide bonds. The summed E-state index contributed by atoms with van der Waals surface area (Å²) in [5.74, 6) is 1.69. The van der Waals surface area contributed by atoms with Crippen LogP contribution in [0.15, 0.2) is 18.2 Å². The van der Waals surface area contributed by atoms with E-state index in [1.807, 2.05) is 6.92 Å². The Hall–Kier alpha value is -1.22. The Bertz CT molecular complexity index is 433. The zero-order valence-corrected chi connectivity index (χ0v) is 13.3. The standard InChI is InChI=1S/C17H28N2O/c1-5-20-16-8-9-17(13(2)11-16)18-14(3)15-7-6-10-19(4)12-15/h8-9,11,14-15,18H,5-7,10,12H2,1-4H3. The van der Waals surface area contributed by atoms with Crippen LogP contribution < -0.4 is 10.1 Å². The number of likely N-dealkylation sites (tertiary alicyclic amines) is 1. The maximum Gasteiger partial charge on any atom is 0.119 e. The molecule has 2 rings (SSSR count). The number of nitrogens with zero attached hydrogens (tertiary/aromatic N) is 1. The van der Waals surface area contributed by atoms with E-state index in [2.05, 4.69) is 49.3 Å². The molecule has 3 nitrogen and oxygen atoms in total. The normalized spacial score (nSPS) is 21.5. The Morgan fingerprint density at radius 1 is 1.45 bits per heavy atom. The van der Waals surface area contributed by atoms with Gasteiger partial charge in [0.05, 0.1) is 6.61 Å². The molecule has 1 fully saturated rings. The summed E-state index contributed by atoms with van der Waals surface area (Å²) in [4.78, 5) is 2.44. The minimum absolute atomic E-state index is 0.509. The molecule has 2 unspecified atom stereocenters. The van der Waals surface area contributed by atoms with Gasteiger partial charge in [-0.2, -0.15) is 0 Å². The minimum atomic E-state index is 0.509. The van der Waals surface area contributed by atoms with Crippen LogP contribution in [0.2, 0.25) is 0 Å². The van der Waals surface area contributed by atoms with Gasteiger partial charge in [-0.05, 0) is 76.9 Å². The van der Waals surface area contributed by atoms with E-state index in [1.165, 1.54) is 37.2 Å². The van der Waals surface area contributed by atoms with Crippen molar-refractivity contribution in [3.8, 4) is 5.75 Å². The highest BCUT2D eigenvalue weighted by molar-refractivity contribution is 5.54. The Balaban J connectivity index is 1.98. The molecule has 1 aromatic carbocycles. The molecule has 0 spiro atoms. The third-order valence-corrected chi connectivity index (χ3v) is 4.26. The first-order chi connectivity index (χ1) is 9.60. The van der Waals surface area contributed by atoms with E-state index in [1.54, 1.807) is 0 Å². The molecule has 112 valence electrons. The fraction of sp³-hybridized carbons (Fsp3) is 0.647. The van der Waals surface area contributed by atoms with E-state index in [-0.39, 0.29) is 0 Å². The number of nitrogens with one attached hydrogen (secondary N) is 1. The summed E-state index contributed by atoms with van der Waals surface area (Å²) in [5, 5.41) is 3.69. The molecule has 1 aliphatic rings. The van der Waals surface area contributed by atoms with Crippen molar-refractivity contribution in [2.24, 2.45) is 5.92 Å². The number of ether oxygens (including phenoxy) is 1. The molecule has 1 N–H and O–H groups in total. The first-order valence-corrected chi connectivity index (χ1v) is 7.78. The van der Waals surface area contributed by atoms with Crippen molar-refractivity contribution in [3.05, 3.63) is 23.8 Å². The molecule has 0 saturated carbocycles. The zero-order chi connectivity index (χ0) is 14.5. The van der Waals surface area contributed by atoms with Gasteiger partial charge in [0.25, 0.3) is 0 Å². The van der Waals surface area contributed by atoms with Gasteiger partial charge in [-0.3, -0.25) is 0 Å². The molecule has 0 bridgehead atoms. The zero-order valence-electron chi connectivity index (χ0n) is 13.3. The third kappa shape index (κ3) is 3.89. The number of hydrogen-bond acceptors (Lipinski definition) is 3. The SMILES string of the molecule is CCOc1ccc(NC(C)C2CCCN(C)C2)c(C)c1. The van der Waals surface area contributed by atoms with E-state index >= 15 is 0 Å². The number of rotatable bonds is 5. The molecule has 2 atom stereocenters. The molecule has 3 heteroatoms. The number of piperidine rings is 1. The van der Waals surface area contributed by atoms with E-state index < -0.39 is 0 Å². The quantitative estimate of drug-likeness (QED) is 0.890. The van der Waals surface area contributed by atoms with Crippen molar-refractivity contribution >= 4 is 5.69 Å². The van der Waals surface area contributed by atoms with Crippen molar-refractivity contribution < 1.29 is 4.74 Å². The summed E-state index contributed by atoms with van der Waals surface area (Å²) < 4.78 is 5.54. The molecule has 1 aliphatic heterocycles. The molecule has 1 heterocycles. The average molecular weight is 276 g/mol. The van der Waals surface area contributed by atoms with Crippen molar-refractivity contribution in [3.63, 3.8) is 0 Å². The van der Waals surface area contributed by atoms with Crippen molar-refractivity contribution in [2.75, 3.05) is 32.1 Å². The van der Waals surface area contributed by atoms with Crippen molar-refractivity contribution in [2.45, 2.75) is 39.7 Å². The van der Waals surface area contributed by atoms with E-state index in [0.29, 0.717) is 6.04 Å². The fourth-order valence-electron chi connectivity index (χ4n) is 3.03. The van der Waals surface area contributed by atoms with Gasteiger partial charge in [-0.15, -0.1) is 0 Å². The Morgan fingerprint density at radius 3 is 2.90 bits per heavy atom. The summed E-state index contributed by atoms with van der Waals surface area (Å²) in [7, 11) is 2.22. The second-order valence-electron chi connectivity index (χ2n) is 6.01. The Kier molecular flexibility index (Phi) is 5.30. The Labute approximate surface area is 123 Å². The van der Waals surface area contributed by atoms with Gasteiger partial charge >= 0.3 is 0 Å². The second-order valence-corrected chi connectivity index (χ2v) is 6.01. The maximum absolute atomic E-state index is 5.54. The van der Waals surface area contributed by atoms with Gasteiger partial charge in [0.1, 0.15) is 5.75 Å². The average Bonchev–Trinajstić information content (AvgIpc) is 2.42. The number of hydrogen-bond donors (Lipinski definition) is 1. The first-order valence-electron chi connectivity index (χ1n) is 7.78. The molecule has 0 radical (unpaired) electrons.